The SMILES string of the molecule is CCN(CC)C(=O)c1cccc(NC(=O)CCC(=O)c2ccc(F)cc2)c1. The molecule has 2 aromatic rings. The van der Waals surface area contributed by atoms with Crippen LogP contribution in [-0.2, 0) is 4.79 Å². The van der Waals surface area contributed by atoms with Crippen molar-refractivity contribution < 1.29 is 18.8 Å². The summed E-state index contributed by atoms with van der Waals surface area (Å²) in [7, 11) is 0. The van der Waals surface area contributed by atoms with Gasteiger partial charge in [0.15, 0.2) is 5.78 Å². The molecule has 0 bridgehead atoms. The fraction of sp³-hybridized carbons (Fsp3) is 0.286. The molecule has 2 rings (SSSR count). The third kappa shape index (κ3) is 5.74. The van der Waals surface area contributed by atoms with Crippen LogP contribution in [0.4, 0.5) is 10.1 Å². The molecule has 0 unspecified atom stereocenters. The van der Waals surface area contributed by atoms with Crippen LogP contribution in [0.3, 0.4) is 0 Å². The number of nitrogens with one attached hydrogen (secondary N) is 1. The Balaban J connectivity index is 1.93. The smallest absolute Gasteiger partial charge is 0.253 e. The third-order valence-electron chi connectivity index (χ3n) is 4.19. The topological polar surface area (TPSA) is 66.5 Å². The maximum atomic E-state index is 12.9. The monoisotopic (exact) mass is 370 g/mol. The average Bonchev–Trinajstić information content (AvgIpc) is 2.67. The number of ketones is 1. The van der Waals surface area contributed by atoms with Crippen molar-refractivity contribution >= 4 is 23.3 Å². The van der Waals surface area contributed by atoms with Crippen LogP contribution in [0.15, 0.2) is 48.5 Å². The van der Waals surface area contributed by atoms with Gasteiger partial charge in [-0.3, -0.25) is 14.4 Å². The Kier molecular flexibility index (Phi) is 7.23. The van der Waals surface area contributed by atoms with Gasteiger partial charge in [-0.05, 0) is 56.3 Å². The number of halogens is 1. The fourth-order valence-electron chi connectivity index (χ4n) is 2.65. The van der Waals surface area contributed by atoms with Crippen LogP contribution in [0.2, 0.25) is 0 Å². The summed E-state index contributed by atoms with van der Waals surface area (Å²) in [5, 5.41) is 2.71. The lowest BCUT2D eigenvalue weighted by Crippen LogP contribution is -2.30. The predicted octanol–water partition coefficient (Wildman–Crippen LogP) is 3.91. The molecular weight excluding hydrogens is 347 g/mol. The summed E-state index contributed by atoms with van der Waals surface area (Å²) >= 11 is 0. The van der Waals surface area contributed by atoms with Gasteiger partial charge in [-0.15, -0.1) is 0 Å². The number of Topliss-reactive ketones (excluding diaryl/α,β-unsaturated/α-hetero) is 1. The molecule has 0 aromatic heterocycles. The lowest BCUT2D eigenvalue weighted by molar-refractivity contribution is -0.116. The molecule has 0 saturated carbocycles. The zero-order chi connectivity index (χ0) is 19.8. The third-order valence-corrected chi connectivity index (χ3v) is 4.19. The van der Waals surface area contributed by atoms with E-state index in [4.69, 9.17) is 0 Å². The maximum Gasteiger partial charge on any atom is 0.253 e. The Morgan fingerprint density at radius 2 is 1.59 bits per heavy atom. The van der Waals surface area contributed by atoms with Gasteiger partial charge in [-0.25, -0.2) is 4.39 Å². The average molecular weight is 370 g/mol. The fourth-order valence-corrected chi connectivity index (χ4v) is 2.65. The predicted molar refractivity (Wildman–Crippen MR) is 102 cm³/mol. The summed E-state index contributed by atoms with van der Waals surface area (Å²) in [5.74, 6) is -1.06. The van der Waals surface area contributed by atoms with Crippen LogP contribution in [0, 0.1) is 5.82 Å². The highest BCUT2D eigenvalue weighted by Crippen LogP contribution is 2.14. The molecule has 5 nitrogen and oxygen atoms in total. The van der Waals surface area contributed by atoms with Gasteiger partial charge in [-0.1, -0.05) is 6.07 Å². The number of hydrogen-bond donors (Lipinski definition) is 1. The molecule has 0 atom stereocenters. The van der Waals surface area contributed by atoms with Crippen molar-refractivity contribution in [2.75, 3.05) is 18.4 Å². The second-order valence-corrected chi connectivity index (χ2v) is 6.04. The van der Waals surface area contributed by atoms with E-state index in [9.17, 15) is 18.8 Å². The number of carbonyl (C=O) groups excluding carboxylic acids is 3. The molecule has 27 heavy (non-hydrogen) atoms. The molecule has 0 aliphatic carbocycles. The van der Waals surface area contributed by atoms with Gasteiger partial charge in [0.1, 0.15) is 5.82 Å². The van der Waals surface area contributed by atoms with E-state index in [0.29, 0.717) is 29.9 Å². The quantitative estimate of drug-likeness (QED) is 0.717. The number of anilines is 1. The molecule has 2 amide bonds. The van der Waals surface area contributed by atoms with E-state index in [1.165, 1.54) is 24.3 Å². The number of rotatable bonds is 8. The summed E-state index contributed by atoms with van der Waals surface area (Å²) in [6, 6.07) is 12.0. The van der Waals surface area contributed by atoms with E-state index in [1.807, 2.05) is 13.8 Å². The Hall–Kier alpha value is -3.02. The van der Waals surface area contributed by atoms with Gasteiger partial charge < -0.3 is 10.2 Å². The maximum absolute atomic E-state index is 12.9. The molecule has 2 aromatic carbocycles. The van der Waals surface area contributed by atoms with Crippen molar-refractivity contribution in [1.82, 2.24) is 4.90 Å². The Morgan fingerprint density at radius 1 is 0.926 bits per heavy atom. The summed E-state index contributed by atoms with van der Waals surface area (Å²) < 4.78 is 12.9. The summed E-state index contributed by atoms with van der Waals surface area (Å²) in [5.41, 5.74) is 1.38. The molecule has 0 radical (unpaired) electrons. The van der Waals surface area contributed by atoms with Crippen molar-refractivity contribution in [1.29, 1.82) is 0 Å². The second kappa shape index (κ2) is 9.62. The molecule has 0 saturated heterocycles. The Morgan fingerprint density at radius 3 is 2.22 bits per heavy atom. The first-order chi connectivity index (χ1) is 12.9. The molecule has 0 spiro atoms. The zero-order valence-electron chi connectivity index (χ0n) is 15.5. The van der Waals surface area contributed by atoms with Crippen LogP contribution in [0.5, 0.6) is 0 Å². The van der Waals surface area contributed by atoms with Crippen molar-refractivity contribution in [3.63, 3.8) is 0 Å². The lowest BCUT2D eigenvalue weighted by Gasteiger charge is -2.19. The van der Waals surface area contributed by atoms with Crippen molar-refractivity contribution in [2.24, 2.45) is 0 Å². The highest BCUT2D eigenvalue weighted by atomic mass is 19.1. The first kappa shape index (κ1) is 20.3. The van der Waals surface area contributed by atoms with Gasteiger partial charge in [0.05, 0.1) is 0 Å². The first-order valence-electron chi connectivity index (χ1n) is 8.92. The van der Waals surface area contributed by atoms with E-state index in [1.54, 1.807) is 29.2 Å². The van der Waals surface area contributed by atoms with Crippen molar-refractivity contribution in [3.8, 4) is 0 Å². The zero-order valence-corrected chi connectivity index (χ0v) is 15.5. The largest absolute Gasteiger partial charge is 0.339 e. The first-order valence-corrected chi connectivity index (χ1v) is 8.92. The molecule has 0 aliphatic heterocycles. The molecule has 142 valence electrons. The summed E-state index contributed by atoms with van der Waals surface area (Å²) in [4.78, 5) is 38.2. The van der Waals surface area contributed by atoms with E-state index < -0.39 is 5.82 Å². The molecule has 0 heterocycles. The highest BCUT2D eigenvalue weighted by Gasteiger charge is 2.14. The molecular formula is C21H23FN2O3. The second-order valence-electron chi connectivity index (χ2n) is 6.04. The van der Waals surface area contributed by atoms with Gasteiger partial charge >= 0.3 is 0 Å². The minimum Gasteiger partial charge on any atom is -0.339 e. The highest BCUT2D eigenvalue weighted by molar-refractivity contribution is 6.00. The van der Waals surface area contributed by atoms with Gasteiger partial charge in [-0.2, -0.15) is 0 Å². The van der Waals surface area contributed by atoms with Crippen molar-refractivity contribution in [2.45, 2.75) is 26.7 Å². The molecule has 0 aliphatic rings. The summed E-state index contributed by atoms with van der Waals surface area (Å²) in [6.07, 6.45) is 0.0277. The number of hydrogen-bond acceptors (Lipinski definition) is 3. The minimum absolute atomic E-state index is 0.00439. The number of carbonyl (C=O) groups is 3. The van der Waals surface area contributed by atoms with E-state index in [0.717, 1.165) is 0 Å². The number of nitrogens with zero attached hydrogens (tertiary/aromatic N) is 1. The van der Waals surface area contributed by atoms with Crippen LogP contribution >= 0.6 is 0 Å². The minimum atomic E-state index is -0.413. The molecule has 6 heteroatoms. The van der Waals surface area contributed by atoms with E-state index in [-0.39, 0.29) is 30.4 Å². The van der Waals surface area contributed by atoms with E-state index >= 15 is 0 Å². The lowest BCUT2D eigenvalue weighted by atomic mass is 10.1. The van der Waals surface area contributed by atoms with Crippen molar-refractivity contribution in [3.05, 3.63) is 65.5 Å². The Labute approximate surface area is 158 Å². The van der Waals surface area contributed by atoms with Crippen LogP contribution in [-0.4, -0.2) is 35.6 Å². The standard InChI is InChI=1S/C21H23FN2O3/c1-3-24(4-2)21(27)16-6-5-7-18(14-16)23-20(26)13-12-19(25)15-8-10-17(22)11-9-15/h5-11,14H,3-4,12-13H2,1-2H3,(H,23,26). The Bertz CT molecular complexity index is 814. The summed E-state index contributed by atoms with van der Waals surface area (Å²) in [6.45, 7) is 5.03. The van der Waals surface area contributed by atoms with Gasteiger partial charge in [0.2, 0.25) is 5.91 Å². The normalized spacial score (nSPS) is 10.3. The molecule has 1 N–H and O–H groups in total. The van der Waals surface area contributed by atoms with Gasteiger partial charge in [0, 0.05) is 42.7 Å². The number of amides is 2. The van der Waals surface area contributed by atoms with E-state index in [2.05, 4.69) is 5.32 Å². The van der Waals surface area contributed by atoms with Crippen LogP contribution in [0.25, 0.3) is 0 Å². The van der Waals surface area contributed by atoms with Crippen LogP contribution < -0.4 is 5.32 Å². The van der Waals surface area contributed by atoms with Crippen LogP contribution in [0.1, 0.15) is 47.4 Å². The molecule has 0 fully saturated rings. The van der Waals surface area contributed by atoms with Gasteiger partial charge in [0.25, 0.3) is 5.91 Å². The number of benzene rings is 2.